The molecule has 1 amide bonds. The number of amides is 1. The van der Waals surface area contributed by atoms with Gasteiger partial charge in [-0.1, -0.05) is 60.2 Å². The number of carbonyl (C=O) groups excluding carboxylic acids is 1. The van der Waals surface area contributed by atoms with Gasteiger partial charge in [0.05, 0.1) is 24.6 Å². The second kappa shape index (κ2) is 11.5. The predicted molar refractivity (Wildman–Crippen MR) is 141 cm³/mol. The fraction of sp³-hybridized carbons (Fsp3) is 0.276. The summed E-state index contributed by atoms with van der Waals surface area (Å²) in [5.41, 5.74) is 3.04. The van der Waals surface area contributed by atoms with Crippen LogP contribution in [0.15, 0.2) is 82.4 Å². The number of carbonyl (C=O) groups is 1. The topological polar surface area (TPSA) is 82.3 Å². The van der Waals surface area contributed by atoms with E-state index < -0.39 is 0 Å². The average molecular weight is 486 g/mol. The van der Waals surface area contributed by atoms with Crippen LogP contribution in [0.3, 0.4) is 0 Å². The first kappa shape index (κ1) is 25.0. The maximum Gasteiger partial charge on any atom is 0.331 e. The Hall–Kier alpha value is -4.13. The van der Waals surface area contributed by atoms with Gasteiger partial charge >= 0.3 is 5.69 Å². The molecule has 186 valence electrons. The Balaban J connectivity index is 1.43. The minimum atomic E-state index is -0.333. The van der Waals surface area contributed by atoms with E-state index in [1.807, 2.05) is 67.6 Å². The van der Waals surface area contributed by atoms with Gasteiger partial charge in [0, 0.05) is 25.1 Å². The van der Waals surface area contributed by atoms with Gasteiger partial charge in [-0.2, -0.15) is 0 Å². The Morgan fingerprint density at radius 2 is 1.61 bits per heavy atom. The van der Waals surface area contributed by atoms with Gasteiger partial charge < -0.3 is 10.1 Å². The lowest BCUT2D eigenvalue weighted by molar-refractivity contribution is -0.121. The molecule has 1 N–H and O–H groups in total. The standard InChI is InChI=1S/C29H31N3O4/c1-21-14-16-22(17-15-21)20-32-25-11-5-4-10-24(25)28(34)31(29(32)35)18-8-7-13-27(33)30-19-23-9-3-6-12-26(23)36-2/h3-6,9-12,14-17H,7-8,13,18-20H2,1-2H3,(H,30,33). The number of methoxy groups -OCH3 is 1. The maximum atomic E-state index is 13.4. The molecule has 0 radical (unpaired) electrons. The summed E-state index contributed by atoms with van der Waals surface area (Å²) in [6.45, 7) is 3.04. The van der Waals surface area contributed by atoms with Crippen LogP contribution < -0.4 is 21.3 Å². The number of benzene rings is 3. The third-order valence-corrected chi connectivity index (χ3v) is 6.30. The Morgan fingerprint density at radius 1 is 0.889 bits per heavy atom. The molecule has 1 heterocycles. The summed E-state index contributed by atoms with van der Waals surface area (Å²) in [5.74, 6) is 0.652. The SMILES string of the molecule is COc1ccccc1CNC(=O)CCCCn1c(=O)c2ccccc2n(Cc2ccc(C)cc2)c1=O. The monoisotopic (exact) mass is 485 g/mol. The third kappa shape index (κ3) is 5.74. The molecule has 0 aliphatic carbocycles. The molecular weight excluding hydrogens is 454 g/mol. The minimum absolute atomic E-state index is 0.0800. The Morgan fingerprint density at radius 3 is 2.39 bits per heavy atom. The van der Waals surface area contributed by atoms with Gasteiger partial charge in [0.1, 0.15) is 5.75 Å². The molecule has 0 bridgehead atoms. The van der Waals surface area contributed by atoms with Crippen LogP contribution in [-0.4, -0.2) is 22.2 Å². The Kier molecular flexibility index (Phi) is 8.00. The zero-order valence-electron chi connectivity index (χ0n) is 20.7. The number of para-hydroxylation sites is 2. The summed E-state index contributed by atoms with van der Waals surface area (Å²) in [6, 6.07) is 22.8. The van der Waals surface area contributed by atoms with E-state index in [9.17, 15) is 14.4 Å². The zero-order valence-corrected chi connectivity index (χ0v) is 20.7. The number of hydrogen-bond acceptors (Lipinski definition) is 4. The molecule has 0 aliphatic heterocycles. The third-order valence-electron chi connectivity index (χ3n) is 6.30. The van der Waals surface area contributed by atoms with Gasteiger partial charge in [-0.15, -0.1) is 0 Å². The molecular formula is C29H31N3O4. The van der Waals surface area contributed by atoms with Crippen LogP contribution in [0.1, 0.15) is 36.0 Å². The maximum absolute atomic E-state index is 13.4. The van der Waals surface area contributed by atoms with Crippen LogP contribution in [-0.2, 0) is 24.4 Å². The van der Waals surface area contributed by atoms with Crippen molar-refractivity contribution in [2.75, 3.05) is 7.11 Å². The smallest absolute Gasteiger partial charge is 0.331 e. The number of rotatable bonds is 10. The van der Waals surface area contributed by atoms with E-state index in [2.05, 4.69) is 5.32 Å². The summed E-state index contributed by atoms with van der Waals surface area (Å²) >= 11 is 0. The number of ether oxygens (including phenoxy) is 1. The number of aromatic nitrogens is 2. The summed E-state index contributed by atoms with van der Waals surface area (Å²) < 4.78 is 8.26. The van der Waals surface area contributed by atoms with Gasteiger partial charge in [-0.3, -0.25) is 18.7 Å². The highest BCUT2D eigenvalue weighted by molar-refractivity contribution is 5.78. The van der Waals surface area contributed by atoms with Crippen molar-refractivity contribution >= 4 is 16.8 Å². The van der Waals surface area contributed by atoms with Gasteiger partial charge in [0.15, 0.2) is 0 Å². The highest BCUT2D eigenvalue weighted by Crippen LogP contribution is 2.17. The number of nitrogens with zero attached hydrogens (tertiary/aromatic N) is 2. The van der Waals surface area contributed by atoms with E-state index in [0.29, 0.717) is 43.3 Å². The van der Waals surface area contributed by atoms with E-state index in [4.69, 9.17) is 4.74 Å². The summed E-state index contributed by atoms with van der Waals surface area (Å²) in [5, 5.41) is 3.42. The average Bonchev–Trinajstić information content (AvgIpc) is 2.90. The van der Waals surface area contributed by atoms with Crippen molar-refractivity contribution in [1.82, 2.24) is 14.5 Å². The number of hydrogen-bond donors (Lipinski definition) is 1. The number of unbranched alkanes of at least 4 members (excludes halogenated alkanes) is 1. The zero-order chi connectivity index (χ0) is 25.5. The molecule has 4 rings (SSSR count). The van der Waals surface area contributed by atoms with Crippen molar-refractivity contribution in [2.24, 2.45) is 0 Å². The summed E-state index contributed by atoms with van der Waals surface area (Å²) in [6.07, 6.45) is 1.42. The van der Waals surface area contributed by atoms with Crippen molar-refractivity contribution in [3.05, 3.63) is 110 Å². The molecule has 36 heavy (non-hydrogen) atoms. The highest BCUT2D eigenvalue weighted by atomic mass is 16.5. The largest absolute Gasteiger partial charge is 0.496 e. The molecule has 1 aromatic heterocycles. The van der Waals surface area contributed by atoms with E-state index in [0.717, 1.165) is 22.4 Å². The molecule has 0 spiro atoms. The number of aryl methyl sites for hydroxylation is 1. The Labute approximate surface area is 210 Å². The summed E-state index contributed by atoms with van der Waals surface area (Å²) in [7, 11) is 1.60. The van der Waals surface area contributed by atoms with Crippen molar-refractivity contribution in [3.63, 3.8) is 0 Å². The van der Waals surface area contributed by atoms with Crippen LogP contribution in [0.4, 0.5) is 0 Å². The number of nitrogens with one attached hydrogen (secondary N) is 1. The van der Waals surface area contributed by atoms with E-state index >= 15 is 0 Å². The molecule has 0 saturated heterocycles. The fourth-order valence-corrected chi connectivity index (χ4v) is 4.28. The molecule has 3 aromatic carbocycles. The highest BCUT2D eigenvalue weighted by Gasteiger charge is 2.13. The van der Waals surface area contributed by atoms with E-state index in [-0.39, 0.29) is 23.7 Å². The molecule has 0 aliphatic rings. The molecule has 4 aromatic rings. The van der Waals surface area contributed by atoms with E-state index in [1.165, 1.54) is 4.57 Å². The van der Waals surface area contributed by atoms with Gasteiger partial charge in [0.2, 0.25) is 5.91 Å². The second-order valence-corrected chi connectivity index (χ2v) is 8.87. The number of fused-ring (bicyclic) bond motifs is 1. The van der Waals surface area contributed by atoms with Crippen molar-refractivity contribution in [2.45, 2.75) is 45.8 Å². The van der Waals surface area contributed by atoms with Crippen LogP contribution in [0.25, 0.3) is 10.9 Å². The molecule has 0 fully saturated rings. The van der Waals surface area contributed by atoms with Crippen molar-refractivity contribution in [1.29, 1.82) is 0 Å². The first-order valence-electron chi connectivity index (χ1n) is 12.1. The molecule has 0 atom stereocenters. The van der Waals surface area contributed by atoms with Gasteiger partial charge in [-0.25, -0.2) is 4.79 Å². The lowest BCUT2D eigenvalue weighted by atomic mass is 10.1. The van der Waals surface area contributed by atoms with Crippen LogP contribution in [0, 0.1) is 6.92 Å². The van der Waals surface area contributed by atoms with E-state index in [1.54, 1.807) is 23.8 Å². The van der Waals surface area contributed by atoms with Crippen LogP contribution in [0.2, 0.25) is 0 Å². The first-order valence-corrected chi connectivity index (χ1v) is 12.1. The second-order valence-electron chi connectivity index (χ2n) is 8.87. The van der Waals surface area contributed by atoms with Gasteiger partial charge in [-0.05, 0) is 43.5 Å². The Bertz CT molecular complexity index is 1470. The minimum Gasteiger partial charge on any atom is -0.496 e. The molecule has 7 nitrogen and oxygen atoms in total. The normalized spacial score (nSPS) is 10.9. The molecule has 0 saturated carbocycles. The lowest BCUT2D eigenvalue weighted by Gasteiger charge is -2.14. The quantitative estimate of drug-likeness (QED) is 0.344. The molecule has 0 unspecified atom stereocenters. The lowest BCUT2D eigenvalue weighted by Crippen LogP contribution is -2.40. The van der Waals surface area contributed by atoms with Gasteiger partial charge in [0.25, 0.3) is 5.56 Å². The van der Waals surface area contributed by atoms with Crippen molar-refractivity contribution in [3.8, 4) is 5.75 Å². The summed E-state index contributed by atoms with van der Waals surface area (Å²) in [4.78, 5) is 38.8. The predicted octanol–water partition coefficient (Wildman–Crippen LogP) is 4.02. The molecule has 7 heteroatoms. The fourth-order valence-electron chi connectivity index (χ4n) is 4.28. The van der Waals surface area contributed by atoms with Crippen LogP contribution >= 0.6 is 0 Å². The first-order chi connectivity index (χ1) is 17.5. The van der Waals surface area contributed by atoms with Crippen LogP contribution in [0.5, 0.6) is 5.75 Å². The van der Waals surface area contributed by atoms with Crippen molar-refractivity contribution < 1.29 is 9.53 Å².